The summed E-state index contributed by atoms with van der Waals surface area (Å²) in [6.45, 7) is 3.64. The van der Waals surface area contributed by atoms with Crippen molar-refractivity contribution in [3.63, 3.8) is 0 Å². The molecule has 0 spiro atoms. The average Bonchev–Trinajstić information content (AvgIpc) is 3.14. The first kappa shape index (κ1) is 13.4. The Bertz CT molecular complexity index is 705. The molecule has 0 unspecified atom stereocenters. The molecule has 7 heteroatoms. The number of hydrogen-bond donors (Lipinski definition) is 2. The van der Waals surface area contributed by atoms with Crippen LogP contribution in [-0.2, 0) is 6.54 Å². The molecule has 0 bridgehead atoms. The molecule has 0 aliphatic carbocycles. The van der Waals surface area contributed by atoms with Crippen LogP contribution < -0.4 is 10.2 Å². The van der Waals surface area contributed by atoms with Crippen LogP contribution in [0.15, 0.2) is 29.3 Å². The molecular formula is C14H18N6O. The summed E-state index contributed by atoms with van der Waals surface area (Å²) in [4.78, 5) is 18.4. The van der Waals surface area contributed by atoms with E-state index in [2.05, 4.69) is 32.2 Å². The Morgan fingerprint density at radius 3 is 3.05 bits per heavy atom. The molecular weight excluding hydrogens is 268 g/mol. The van der Waals surface area contributed by atoms with Crippen molar-refractivity contribution in [3.05, 3.63) is 30.5 Å². The van der Waals surface area contributed by atoms with Crippen molar-refractivity contribution in [2.45, 2.75) is 19.9 Å². The molecule has 2 N–H and O–H groups in total. The Balaban J connectivity index is 1.93. The molecule has 0 amide bonds. The second-order valence-electron chi connectivity index (χ2n) is 4.89. The third-order valence-electron chi connectivity index (χ3n) is 3.16. The molecule has 3 rings (SSSR count). The summed E-state index contributed by atoms with van der Waals surface area (Å²) >= 11 is 0. The normalized spacial score (nSPS) is 11.0. The Hall–Kier alpha value is -2.57. The van der Waals surface area contributed by atoms with Gasteiger partial charge >= 0.3 is 0 Å². The maximum absolute atomic E-state index is 5.11. The monoisotopic (exact) mass is 286 g/mol. The number of aromatic amines is 1. The zero-order valence-electron chi connectivity index (χ0n) is 12.1. The molecule has 3 aromatic heterocycles. The number of nitrogens with one attached hydrogen (secondary N) is 2. The van der Waals surface area contributed by atoms with Crippen LogP contribution in [-0.4, -0.2) is 33.5 Å². The van der Waals surface area contributed by atoms with Gasteiger partial charge in [-0.15, -0.1) is 0 Å². The van der Waals surface area contributed by atoms with Gasteiger partial charge in [-0.1, -0.05) is 6.92 Å². The minimum atomic E-state index is 0.602. The molecule has 0 aliphatic rings. The van der Waals surface area contributed by atoms with E-state index in [1.165, 1.54) is 0 Å². The Labute approximate surface area is 122 Å². The van der Waals surface area contributed by atoms with Crippen molar-refractivity contribution in [2.75, 3.05) is 23.8 Å². The van der Waals surface area contributed by atoms with Gasteiger partial charge in [0.25, 0.3) is 0 Å². The smallest absolute Gasteiger partial charge is 0.226 e. The third-order valence-corrected chi connectivity index (χ3v) is 3.16. The number of nitrogens with zero attached hydrogens (tertiary/aromatic N) is 4. The van der Waals surface area contributed by atoms with E-state index in [4.69, 9.17) is 4.42 Å². The lowest BCUT2D eigenvalue weighted by molar-refractivity contribution is 0.563. The van der Waals surface area contributed by atoms with Gasteiger partial charge in [-0.25, -0.2) is 4.98 Å². The van der Waals surface area contributed by atoms with Crippen LogP contribution in [0.3, 0.4) is 0 Å². The standard InChI is InChI=1S/C14H18N6O/c1-3-5-15-14-18-12-11(16-9-17-12)13(19-14)20(2)7-10-4-6-21-8-10/h4,6,8-9H,3,5,7H2,1-2H3,(H2,15,16,17,18,19). The van der Waals surface area contributed by atoms with Gasteiger partial charge < -0.3 is 19.6 Å². The number of H-pyrrole nitrogens is 1. The number of hydrogen-bond acceptors (Lipinski definition) is 6. The minimum Gasteiger partial charge on any atom is -0.472 e. The number of aromatic nitrogens is 4. The van der Waals surface area contributed by atoms with Crippen molar-refractivity contribution < 1.29 is 4.42 Å². The van der Waals surface area contributed by atoms with E-state index in [0.29, 0.717) is 18.1 Å². The van der Waals surface area contributed by atoms with Gasteiger partial charge in [-0.05, 0) is 12.5 Å². The van der Waals surface area contributed by atoms with Crippen molar-refractivity contribution >= 4 is 22.9 Å². The summed E-state index contributed by atoms with van der Waals surface area (Å²) in [6.07, 6.45) is 6.06. The van der Waals surface area contributed by atoms with Crippen molar-refractivity contribution in [1.82, 2.24) is 19.9 Å². The quantitative estimate of drug-likeness (QED) is 0.724. The predicted octanol–water partition coefficient (Wildman–Crippen LogP) is 2.40. The second kappa shape index (κ2) is 5.82. The highest BCUT2D eigenvalue weighted by atomic mass is 16.3. The van der Waals surface area contributed by atoms with E-state index in [-0.39, 0.29) is 0 Å². The van der Waals surface area contributed by atoms with Crippen molar-refractivity contribution in [1.29, 1.82) is 0 Å². The topological polar surface area (TPSA) is 82.9 Å². The molecule has 110 valence electrons. The van der Waals surface area contributed by atoms with Crippen LogP contribution in [0.2, 0.25) is 0 Å². The van der Waals surface area contributed by atoms with Crippen LogP contribution >= 0.6 is 0 Å². The molecule has 0 aliphatic heterocycles. The van der Waals surface area contributed by atoms with Crippen LogP contribution in [0.5, 0.6) is 0 Å². The first-order valence-corrected chi connectivity index (χ1v) is 6.95. The summed E-state index contributed by atoms with van der Waals surface area (Å²) in [6, 6.07) is 1.94. The van der Waals surface area contributed by atoms with E-state index >= 15 is 0 Å². The van der Waals surface area contributed by atoms with Gasteiger partial charge in [0.15, 0.2) is 11.5 Å². The molecule has 0 saturated carbocycles. The SMILES string of the molecule is CCCNc1nc(N(C)Cc2ccoc2)c2[nH]cnc2n1. The zero-order chi connectivity index (χ0) is 14.7. The lowest BCUT2D eigenvalue weighted by atomic mass is 10.3. The van der Waals surface area contributed by atoms with Crippen LogP contribution in [0.4, 0.5) is 11.8 Å². The maximum Gasteiger partial charge on any atom is 0.226 e. The molecule has 0 saturated heterocycles. The lowest BCUT2D eigenvalue weighted by Gasteiger charge is -2.18. The Morgan fingerprint density at radius 1 is 1.38 bits per heavy atom. The second-order valence-corrected chi connectivity index (χ2v) is 4.89. The molecule has 0 aromatic carbocycles. The number of imidazole rings is 1. The Morgan fingerprint density at radius 2 is 2.29 bits per heavy atom. The lowest BCUT2D eigenvalue weighted by Crippen LogP contribution is -2.19. The number of rotatable bonds is 6. The van der Waals surface area contributed by atoms with Crippen molar-refractivity contribution in [2.24, 2.45) is 0 Å². The zero-order valence-corrected chi connectivity index (χ0v) is 12.1. The van der Waals surface area contributed by atoms with Gasteiger partial charge in [0.05, 0.1) is 18.9 Å². The maximum atomic E-state index is 5.11. The highest BCUT2D eigenvalue weighted by Gasteiger charge is 2.14. The van der Waals surface area contributed by atoms with E-state index < -0.39 is 0 Å². The fourth-order valence-corrected chi connectivity index (χ4v) is 2.14. The highest BCUT2D eigenvalue weighted by molar-refractivity contribution is 5.84. The molecule has 0 fully saturated rings. The van der Waals surface area contributed by atoms with E-state index in [9.17, 15) is 0 Å². The summed E-state index contributed by atoms with van der Waals surface area (Å²) < 4.78 is 5.11. The fraction of sp³-hybridized carbons (Fsp3) is 0.357. The molecule has 3 aromatic rings. The van der Waals surface area contributed by atoms with E-state index in [1.807, 2.05) is 18.0 Å². The number of furan rings is 1. The largest absolute Gasteiger partial charge is 0.472 e. The van der Waals surface area contributed by atoms with E-state index in [1.54, 1.807) is 18.9 Å². The summed E-state index contributed by atoms with van der Waals surface area (Å²) in [5.74, 6) is 1.42. The predicted molar refractivity (Wildman–Crippen MR) is 81.3 cm³/mol. The molecule has 7 nitrogen and oxygen atoms in total. The van der Waals surface area contributed by atoms with Gasteiger partial charge in [0.1, 0.15) is 5.52 Å². The van der Waals surface area contributed by atoms with Crippen LogP contribution in [0.25, 0.3) is 11.2 Å². The molecule has 3 heterocycles. The first-order chi connectivity index (χ1) is 10.3. The van der Waals surface area contributed by atoms with E-state index in [0.717, 1.165) is 29.9 Å². The molecule has 21 heavy (non-hydrogen) atoms. The fourth-order valence-electron chi connectivity index (χ4n) is 2.14. The molecule has 0 radical (unpaired) electrons. The summed E-state index contributed by atoms with van der Waals surface area (Å²) in [7, 11) is 1.99. The first-order valence-electron chi connectivity index (χ1n) is 6.95. The third kappa shape index (κ3) is 2.81. The van der Waals surface area contributed by atoms with Crippen molar-refractivity contribution in [3.8, 4) is 0 Å². The van der Waals surface area contributed by atoms with Crippen LogP contribution in [0.1, 0.15) is 18.9 Å². The molecule has 0 atom stereocenters. The average molecular weight is 286 g/mol. The van der Waals surface area contributed by atoms with Gasteiger partial charge in [-0.3, -0.25) is 0 Å². The number of fused-ring (bicyclic) bond motifs is 1. The van der Waals surface area contributed by atoms with Crippen LogP contribution in [0, 0.1) is 0 Å². The highest BCUT2D eigenvalue weighted by Crippen LogP contribution is 2.23. The van der Waals surface area contributed by atoms with Gasteiger partial charge in [0, 0.05) is 25.7 Å². The number of anilines is 2. The van der Waals surface area contributed by atoms with Gasteiger partial charge in [0.2, 0.25) is 5.95 Å². The minimum absolute atomic E-state index is 0.602. The summed E-state index contributed by atoms with van der Waals surface area (Å²) in [5.41, 5.74) is 2.59. The Kier molecular flexibility index (Phi) is 3.72. The van der Waals surface area contributed by atoms with Gasteiger partial charge in [-0.2, -0.15) is 9.97 Å². The summed E-state index contributed by atoms with van der Waals surface area (Å²) in [5, 5.41) is 3.21.